The van der Waals surface area contributed by atoms with Crippen molar-refractivity contribution in [2.24, 2.45) is 0 Å². The zero-order valence-electron chi connectivity index (χ0n) is 11.0. The Hall–Kier alpha value is -2.22. The number of benzene rings is 3. The van der Waals surface area contributed by atoms with E-state index in [1.54, 1.807) is 7.11 Å². The molecular formula is C17H15BO. The van der Waals surface area contributed by atoms with Crippen LogP contribution in [-0.2, 0) is 0 Å². The monoisotopic (exact) mass is 246 g/mol. The Balaban J connectivity index is 2.15. The van der Waals surface area contributed by atoms with Crippen LogP contribution in [0.4, 0.5) is 0 Å². The highest BCUT2D eigenvalue weighted by atomic mass is 16.5. The lowest BCUT2D eigenvalue weighted by atomic mass is 9.62. The summed E-state index contributed by atoms with van der Waals surface area (Å²) in [5, 5.41) is 2.53. The van der Waals surface area contributed by atoms with Gasteiger partial charge in [0, 0.05) is 0 Å². The molecule has 0 bridgehead atoms. The molecule has 3 aromatic carbocycles. The molecule has 0 aromatic heterocycles. The molecule has 0 amide bonds. The van der Waals surface area contributed by atoms with Gasteiger partial charge in [-0.3, -0.25) is 0 Å². The highest BCUT2D eigenvalue weighted by Crippen LogP contribution is 2.17. The van der Waals surface area contributed by atoms with Gasteiger partial charge in [-0.2, -0.15) is 0 Å². The number of hydrogen-bond acceptors (Lipinski definition) is 1. The summed E-state index contributed by atoms with van der Waals surface area (Å²) >= 11 is 0. The molecule has 3 rings (SSSR count). The summed E-state index contributed by atoms with van der Waals surface area (Å²) in [4.78, 5) is 0. The zero-order valence-corrected chi connectivity index (χ0v) is 11.0. The van der Waals surface area contributed by atoms with E-state index in [0.717, 1.165) is 13.0 Å². The van der Waals surface area contributed by atoms with Crippen molar-refractivity contribution in [1.82, 2.24) is 0 Å². The number of ether oxygens (including phenoxy) is 1. The molecule has 0 aliphatic carbocycles. The molecule has 0 N–H and O–H groups in total. The molecule has 0 radical (unpaired) electrons. The predicted octanol–water partition coefficient (Wildman–Crippen LogP) is 2.24. The molecule has 3 aromatic rings. The topological polar surface area (TPSA) is 9.23 Å². The molecule has 0 aliphatic rings. The maximum atomic E-state index is 5.53. The molecule has 0 saturated carbocycles. The largest absolute Gasteiger partial charge is 0.497 e. The van der Waals surface area contributed by atoms with Crippen molar-refractivity contribution >= 4 is 29.0 Å². The molecule has 0 fully saturated rings. The van der Waals surface area contributed by atoms with Crippen molar-refractivity contribution in [1.29, 1.82) is 0 Å². The van der Waals surface area contributed by atoms with Gasteiger partial charge in [0.2, 0.25) is 0 Å². The molecule has 0 spiro atoms. The van der Waals surface area contributed by atoms with E-state index in [4.69, 9.17) is 4.74 Å². The van der Waals surface area contributed by atoms with Crippen LogP contribution in [0.3, 0.4) is 0 Å². The van der Waals surface area contributed by atoms with Crippen molar-refractivity contribution in [3.05, 3.63) is 66.7 Å². The Kier molecular flexibility index (Phi) is 3.24. The van der Waals surface area contributed by atoms with Gasteiger partial charge >= 0.3 is 0 Å². The van der Waals surface area contributed by atoms with Crippen LogP contribution in [0.2, 0.25) is 0 Å². The van der Waals surface area contributed by atoms with Crippen molar-refractivity contribution in [2.75, 3.05) is 7.11 Å². The summed E-state index contributed by atoms with van der Waals surface area (Å²) in [5.41, 5.74) is 2.56. The average molecular weight is 246 g/mol. The molecule has 1 nitrogen and oxygen atoms in total. The first-order chi connectivity index (χ1) is 9.38. The lowest BCUT2D eigenvalue weighted by molar-refractivity contribution is 0.418. The van der Waals surface area contributed by atoms with Gasteiger partial charge in [0.05, 0.1) is 7.11 Å². The van der Waals surface area contributed by atoms with Crippen LogP contribution in [0.1, 0.15) is 0 Å². The molecule has 0 saturated heterocycles. The standard InChI is InChI=1S/C17H15BO/c1-19-16-12-11-13-7-5-6-10-15(13)17(16)18-14-8-3-2-4-9-14/h2-12,18H,1H3. The van der Waals surface area contributed by atoms with E-state index in [2.05, 4.69) is 60.7 Å². The lowest BCUT2D eigenvalue weighted by Gasteiger charge is -2.11. The highest BCUT2D eigenvalue weighted by molar-refractivity contribution is 6.70. The Bertz CT molecular complexity index is 692. The smallest absolute Gasteiger partial charge is 0.197 e. The minimum Gasteiger partial charge on any atom is -0.497 e. The first-order valence-corrected chi connectivity index (χ1v) is 6.47. The van der Waals surface area contributed by atoms with Crippen LogP contribution >= 0.6 is 0 Å². The third-order valence-electron chi connectivity index (χ3n) is 3.44. The van der Waals surface area contributed by atoms with Crippen molar-refractivity contribution < 1.29 is 4.74 Å². The molecule has 0 aliphatic heterocycles. The van der Waals surface area contributed by atoms with Gasteiger partial charge in [-0.1, -0.05) is 66.1 Å². The number of hydrogen-bond donors (Lipinski definition) is 0. The number of fused-ring (bicyclic) bond motifs is 1. The molecule has 92 valence electrons. The highest BCUT2D eigenvalue weighted by Gasteiger charge is 2.09. The van der Waals surface area contributed by atoms with E-state index in [-0.39, 0.29) is 0 Å². The van der Waals surface area contributed by atoms with Gasteiger partial charge in [0.25, 0.3) is 0 Å². The van der Waals surface area contributed by atoms with Gasteiger partial charge in [-0.15, -0.1) is 0 Å². The van der Waals surface area contributed by atoms with E-state index in [0.29, 0.717) is 0 Å². The van der Waals surface area contributed by atoms with E-state index >= 15 is 0 Å². The van der Waals surface area contributed by atoms with Crippen LogP contribution in [0.15, 0.2) is 66.7 Å². The number of rotatable bonds is 3. The average Bonchev–Trinajstić information content (AvgIpc) is 2.49. The fraction of sp³-hybridized carbons (Fsp3) is 0.0588. The summed E-state index contributed by atoms with van der Waals surface area (Å²) in [6.07, 6.45) is 0. The summed E-state index contributed by atoms with van der Waals surface area (Å²) in [5.74, 6) is 0.961. The van der Waals surface area contributed by atoms with Gasteiger partial charge < -0.3 is 4.74 Å². The second kappa shape index (κ2) is 5.19. The maximum absolute atomic E-state index is 5.53. The zero-order chi connectivity index (χ0) is 13.1. The Morgan fingerprint density at radius 1 is 0.789 bits per heavy atom. The van der Waals surface area contributed by atoms with Crippen LogP contribution in [-0.4, -0.2) is 14.4 Å². The lowest BCUT2D eigenvalue weighted by Crippen LogP contribution is -2.28. The first kappa shape index (κ1) is 11.9. The van der Waals surface area contributed by atoms with E-state index in [1.807, 2.05) is 6.07 Å². The first-order valence-electron chi connectivity index (χ1n) is 6.47. The fourth-order valence-electron chi connectivity index (χ4n) is 2.49. The molecule has 2 heteroatoms. The molecule has 0 unspecified atom stereocenters. The van der Waals surface area contributed by atoms with Gasteiger partial charge in [0.1, 0.15) is 5.75 Å². The summed E-state index contributed by atoms with van der Waals surface area (Å²) < 4.78 is 5.53. The second-order valence-corrected chi connectivity index (χ2v) is 4.63. The van der Waals surface area contributed by atoms with Crippen LogP contribution < -0.4 is 15.7 Å². The summed E-state index contributed by atoms with van der Waals surface area (Å²) in [7, 11) is 2.63. The normalized spacial score (nSPS) is 10.4. The fourth-order valence-corrected chi connectivity index (χ4v) is 2.49. The predicted molar refractivity (Wildman–Crippen MR) is 83.4 cm³/mol. The molecule has 19 heavy (non-hydrogen) atoms. The van der Waals surface area contributed by atoms with Crippen molar-refractivity contribution in [3.8, 4) is 5.75 Å². The third-order valence-corrected chi connectivity index (χ3v) is 3.44. The van der Waals surface area contributed by atoms with Crippen LogP contribution in [0.25, 0.3) is 10.8 Å². The number of methoxy groups -OCH3 is 1. The SMILES string of the molecule is COc1ccc2ccccc2c1Bc1ccccc1. The van der Waals surface area contributed by atoms with E-state index in [1.165, 1.54) is 21.7 Å². The Morgan fingerprint density at radius 2 is 1.53 bits per heavy atom. The quantitative estimate of drug-likeness (QED) is 0.644. The molecule has 0 atom stereocenters. The van der Waals surface area contributed by atoms with Crippen LogP contribution in [0.5, 0.6) is 5.75 Å². The van der Waals surface area contributed by atoms with Crippen LogP contribution in [0, 0.1) is 0 Å². The van der Waals surface area contributed by atoms with E-state index < -0.39 is 0 Å². The van der Waals surface area contributed by atoms with Crippen molar-refractivity contribution in [3.63, 3.8) is 0 Å². The molecule has 0 heterocycles. The molecular weight excluding hydrogens is 231 g/mol. The minimum atomic E-state index is 0.894. The van der Waals surface area contributed by atoms with E-state index in [9.17, 15) is 0 Å². The van der Waals surface area contributed by atoms with Gasteiger partial charge in [0.15, 0.2) is 7.28 Å². The summed E-state index contributed by atoms with van der Waals surface area (Å²) in [6.45, 7) is 0. The van der Waals surface area contributed by atoms with Gasteiger partial charge in [-0.25, -0.2) is 0 Å². The van der Waals surface area contributed by atoms with Gasteiger partial charge in [-0.05, 0) is 22.3 Å². The summed E-state index contributed by atoms with van der Waals surface area (Å²) in [6, 6.07) is 23.1. The Labute approximate surface area is 114 Å². The Morgan fingerprint density at radius 3 is 2.32 bits per heavy atom. The minimum absolute atomic E-state index is 0.894. The van der Waals surface area contributed by atoms with Crippen molar-refractivity contribution in [2.45, 2.75) is 0 Å². The maximum Gasteiger partial charge on any atom is 0.197 e. The second-order valence-electron chi connectivity index (χ2n) is 4.63. The third kappa shape index (κ3) is 2.34.